The van der Waals surface area contributed by atoms with Gasteiger partial charge in [0.15, 0.2) is 0 Å². The quantitative estimate of drug-likeness (QED) is 0.351. The molecule has 1 atom stereocenters. The van der Waals surface area contributed by atoms with Crippen LogP contribution in [0.1, 0.15) is 55.7 Å². The van der Waals surface area contributed by atoms with Gasteiger partial charge in [-0.15, -0.1) is 0 Å². The van der Waals surface area contributed by atoms with Crippen molar-refractivity contribution in [3.8, 4) is 16.9 Å². The Morgan fingerprint density at radius 2 is 1.72 bits per heavy atom. The molecule has 9 heteroatoms. The molecule has 1 aliphatic carbocycles. The zero-order chi connectivity index (χ0) is 27.9. The van der Waals surface area contributed by atoms with Gasteiger partial charge in [0.05, 0.1) is 12.5 Å². The van der Waals surface area contributed by atoms with E-state index in [0.29, 0.717) is 23.6 Å². The molecule has 9 nitrogen and oxygen atoms in total. The molecule has 1 aromatic heterocycles. The minimum Gasteiger partial charge on any atom is -0.481 e. The van der Waals surface area contributed by atoms with Gasteiger partial charge in [-0.2, -0.15) is 4.98 Å². The van der Waals surface area contributed by atoms with Gasteiger partial charge in [0.1, 0.15) is 11.6 Å². The molecule has 4 rings (SSSR count). The summed E-state index contributed by atoms with van der Waals surface area (Å²) in [5, 5.41) is 13.2. The van der Waals surface area contributed by atoms with E-state index in [0.717, 1.165) is 35.1 Å². The predicted octanol–water partition coefficient (Wildman–Crippen LogP) is 5.91. The van der Waals surface area contributed by atoms with Gasteiger partial charge in [0.2, 0.25) is 5.95 Å². The summed E-state index contributed by atoms with van der Waals surface area (Å²) in [5.74, 6) is 0.625. The van der Waals surface area contributed by atoms with E-state index in [9.17, 15) is 14.7 Å². The van der Waals surface area contributed by atoms with Gasteiger partial charge >= 0.3 is 12.1 Å². The van der Waals surface area contributed by atoms with Crippen LogP contribution in [0.2, 0.25) is 0 Å². The van der Waals surface area contributed by atoms with Crippen LogP contribution in [0.3, 0.4) is 0 Å². The molecule has 2 N–H and O–H groups in total. The number of aliphatic carboxylic acids is 1. The third kappa shape index (κ3) is 7.04. The van der Waals surface area contributed by atoms with Gasteiger partial charge in [0.25, 0.3) is 0 Å². The second-order valence-electron chi connectivity index (χ2n) is 10.3. The number of hydrogen-bond acceptors (Lipinski definition) is 7. The van der Waals surface area contributed by atoms with E-state index in [4.69, 9.17) is 14.7 Å². The fourth-order valence-corrected chi connectivity index (χ4v) is 4.91. The van der Waals surface area contributed by atoms with Crippen LogP contribution in [-0.4, -0.2) is 59.2 Å². The number of benzene rings is 2. The normalized spacial score (nSPS) is 14.4. The molecule has 1 heterocycles. The Bertz CT molecular complexity index is 1290. The average Bonchev–Trinajstić information content (AvgIpc) is 2.93. The first kappa shape index (κ1) is 27.9. The van der Waals surface area contributed by atoms with Crippen LogP contribution < -0.4 is 15.0 Å². The number of nitrogens with one attached hydrogen (secondary N) is 1. The maximum Gasteiger partial charge on any atom is 0.414 e. The fourth-order valence-electron chi connectivity index (χ4n) is 4.91. The third-order valence-electron chi connectivity index (χ3n) is 7.19. The van der Waals surface area contributed by atoms with Crippen molar-refractivity contribution in [2.24, 2.45) is 0 Å². The van der Waals surface area contributed by atoms with Crippen LogP contribution >= 0.6 is 0 Å². The van der Waals surface area contributed by atoms with Gasteiger partial charge in [-0.05, 0) is 48.6 Å². The molecule has 0 radical (unpaired) electrons. The number of amides is 1. The summed E-state index contributed by atoms with van der Waals surface area (Å²) < 4.78 is 5.32. The number of anilines is 2. The van der Waals surface area contributed by atoms with E-state index in [1.54, 1.807) is 38.4 Å². The Balaban J connectivity index is 1.69. The Hall–Kier alpha value is -4.14. The van der Waals surface area contributed by atoms with Crippen molar-refractivity contribution in [2.75, 3.05) is 31.4 Å². The number of aromatic nitrogens is 2. The first-order valence-corrected chi connectivity index (χ1v) is 13.4. The largest absolute Gasteiger partial charge is 0.481 e. The van der Waals surface area contributed by atoms with Gasteiger partial charge in [-0.3, -0.25) is 4.79 Å². The van der Waals surface area contributed by atoms with Crippen molar-refractivity contribution >= 4 is 23.8 Å². The molecular formula is C30H37N5O4. The second-order valence-corrected chi connectivity index (χ2v) is 10.3. The Labute approximate surface area is 229 Å². The lowest BCUT2D eigenvalue weighted by atomic mass is 9.95. The van der Waals surface area contributed by atoms with Crippen LogP contribution in [0.25, 0.3) is 11.1 Å². The minimum absolute atomic E-state index is 0.165. The molecule has 0 bridgehead atoms. The van der Waals surface area contributed by atoms with E-state index < -0.39 is 18.1 Å². The summed E-state index contributed by atoms with van der Waals surface area (Å²) in [4.78, 5) is 37.0. The topological polar surface area (TPSA) is 108 Å². The summed E-state index contributed by atoms with van der Waals surface area (Å²) >= 11 is 0. The lowest BCUT2D eigenvalue weighted by Gasteiger charge is -2.31. The van der Waals surface area contributed by atoms with Crippen LogP contribution in [0.15, 0.2) is 54.7 Å². The number of nitrogens with zero attached hydrogens (tertiary/aromatic N) is 4. The zero-order valence-corrected chi connectivity index (χ0v) is 23.1. The highest BCUT2D eigenvalue weighted by atomic mass is 16.6. The van der Waals surface area contributed by atoms with Gasteiger partial charge in [-0.25, -0.2) is 9.78 Å². The molecule has 0 spiro atoms. The first-order chi connectivity index (χ1) is 18.7. The van der Waals surface area contributed by atoms with Crippen molar-refractivity contribution in [3.63, 3.8) is 0 Å². The molecule has 2 aromatic carbocycles. The number of hydrogen-bond donors (Lipinski definition) is 2. The Kier molecular flexibility index (Phi) is 9.01. The maximum absolute atomic E-state index is 11.9. The zero-order valence-electron chi connectivity index (χ0n) is 23.1. The highest BCUT2D eigenvalue weighted by molar-refractivity contribution is 5.78. The summed E-state index contributed by atoms with van der Waals surface area (Å²) in [5.41, 5.74) is 3.59. The second kappa shape index (κ2) is 12.6. The van der Waals surface area contributed by atoms with Gasteiger partial charge in [0, 0.05) is 38.9 Å². The summed E-state index contributed by atoms with van der Waals surface area (Å²) in [6, 6.07) is 14.7. The summed E-state index contributed by atoms with van der Waals surface area (Å²) in [6.45, 7) is 2.03. The third-order valence-corrected chi connectivity index (χ3v) is 7.19. The lowest BCUT2D eigenvalue weighted by molar-refractivity contribution is -0.137. The molecule has 0 saturated heterocycles. The molecule has 0 unspecified atom stereocenters. The molecule has 39 heavy (non-hydrogen) atoms. The smallest absolute Gasteiger partial charge is 0.414 e. The van der Waals surface area contributed by atoms with E-state index >= 15 is 0 Å². The van der Waals surface area contributed by atoms with Crippen molar-refractivity contribution in [1.82, 2.24) is 14.9 Å². The van der Waals surface area contributed by atoms with Crippen LogP contribution in [0, 0.1) is 6.92 Å². The molecular weight excluding hydrogens is 494 g/mol. The molecule has 3 aromatic rings. The average molecular weight is 532 g/mol. The first-order valence-electron chi connectivity index (χ1n) is 13.4. The molecule has 206 valence electrons. The van der Waals surface area contributed by atoms with Crippen LogP contribution in [0.5, 0.6) is 5.75 Å². The van der Waals surface area contributed by atoms with Gasteiger partial charge < -0.3 is 25.0 Å². The summed E-state index contributed by atoms with van der Waals surface area (Å²) in [7, 11) is 5.25. The number of carbonyl (C=O) groups excluding carboxylic acids is 1. The van der Waals surface area contributed by atoms with E-state index in [2.05, 4.69) is 10.2 Å². The highest BCUT2D eigenvalue weighted by Gasteiger charge is 2.24. The Morgan fingerprint density at radius 1 is 1.03 bits per heavy atom. The fraction of sp³-hybridized carbons (Fsp3) is 0.400. The SMILES string of the molecule is Cc1ccccc1-c1cnc(N(C)C2CCCCC2)nc1N[C@H](CC(=O)O)c1ccc(OC(=O)N(C)C)cc1. The van der Waals surface area contributed by atoms with E-state index in [-0.39, 0.29) is 6.42 Å². The molecule has 1 aliphatic rings. The van der Waals surface area contributed by atoms with Gasteiger partial charge in [-0.1, -0.05) is 55.7 Å². The van der Waals surface area contributed by atoms with Crippen molar-refractivity contribution in [1.29, 1.82) is 0 Å². The maximum atomic E-state index is 11.9. The number of carboxylic acid groups (broad SMARTS) is 1. The number of ether oxygens (including phenoxy) is 1. The van der Waals surface area contributed by atoms with E-state index in [1.165, 1.54) is 24.2 Å². The summed E-state index contributed by atoms with van der Waals surface area (Å²) in [6.07, 6.45) is 7.04. The predicted molar refractivity (Wildman–Crippen MR) is 152 cm³/mol. The number of carbonyl (C=O) groups is 2. The standard InChI is InChI=1S/C30H37N5O4/c1-20-10-8-9-13-24(20)25-19-31-29(35(4)22-11-6-5-7-12-22)33-28(25)32-26(18-27(36)37)21-14-16-23(17-15-21)39-30(38)34(2)3/h8-10,13-17,19,22,26H,5-7,11-12,18H2,1-4H3,(H,36,37)(H,31,32,33)/t26-/m1/s1. The minimum atomic E-state index is -0.943. The number of rotatable bonds is 9. The molecule has 1 fully saturated rings. The number of aryl methyl sites for hydroxylation is 1. The monoisotopic (exact) mass is 531 g/mol. The lowest BCUT2D eigenvalue weighted by Crippen LogP contribution is -2.34. The molecule has 1 saturated carbocycles. The highest BCUT2D eigenvalue weighted by Crippen LogP contribution is 2.34. The molecule has 1 amide bonds. The van der Waals surface area contributed by atoms with Crippen molar-refractivity contribution in [3.05, 3.63) is 65.9 Å². The van der Waals surface area contributed by atoms with E-state index in [1.807, 2.05) is 44.4 Å². The van der Waals surface area contributed by atoms with Crippen molar-refractivity contribution in [2.45, 2.75) is 57.5 Å². The molecule has 0 aliphatic heterocycles. The van der Waals surface area contributed by atoms with Crippen molar-refractivity contribution < 1.29 is 19.4 Å². The number of carboxylic acids is 1. The van der Waals surface area contributed by atoms with Crippen LogP contribution in [-0.2, 0) is 4.79 Å². The Morgan fingerprint density at radius 3 is 2.36 bits per heavy atom. The van der Waals surface area contributed by atoms with Crippen LogP contribution in [0.4, 0.5) is 16.6 Å².